The molecule has 1 heterocycles. The lowest BCUT2D eigenvalue weighted by Gasteiger charge is -2.13. The molecule has 1 aliphatic rings. The second kappa shape index (κ2) is 12.1. The molecule has 1 fully saturated rings. The molecule has 0 radical (unpaired) electrons. The van der Waals surface area contributed by atoms with Gasteiger partial charge in [0.05, 0.1) is 29.8 Å². The fourth-order valence-corrected chi connectivity index (χ4v) is 3.97. The highest BCUT2D eigenvalue weighted by Gasteiger charge is 2.36. The van der Waals surface area contributed by atoms with Gasteiger partial charge < -0.3 is 14.2 Å². The van der Waals surface area contributed by atoms with Crippen molar-refractivity contribution in [3.8, 4) is 17.6 Å². The minimum Gasteiger partial charge on any atom is -0.490 e. The highest BCUT2D eigenvalue weighted by Crippen LogP contribution is 2.35. The van der Waals surface area contributed by atoms with E-state index in [1.807, 2.05) is 32.9 Å². The fourth-order valence-electron chi connectivity index (χ4n) is 3.13. The second-order valence-electron chi connectivity index (χ2n) is 8.04. The largest absolute Gasteiger partial charge is 0.490 e. The number of benzene rings is 2. The highest BCUT2D eigenvalue weighted by atomic mass is 32.2. The zero-order chi connectivity index (χ0) is 25.4. The Labute approximate surface area is 208 Å². The number of amides is 2. The highest BCUT2D eigenvalue weighted by molar-refractivity contribution is 8.18. The molecule has 8 nitrogen and oxygen atoms in total. The summed E-state index contributed by atoms with van der Waals surface area (Å²) >= 11 is 0.766. The van der Waals surface area contributed by atoms with Crippen molar-refractivity contribution in [3.63, 3.8) is 0 Å². The first kappa shape index (κ1) is 25.8. The molecule has 0 N–H and O–H groups in total. The Hall–Kier alpha value is -3.77. The number of rotatable bonds is 10. The molecule has 0 saturated carbocycles. The molecule has 9 heteroatoms. The number of nitrogens with zero attached hydrogens (tertiary/aromatic N) is 2. The third-order valence-electron chi connectivity index (χ3n) is 4.82. The van der Waals surface area contributed by atoms with E-state index in [4.69, 9.17) is 14.2 Å². The van der Waals surface area contributed by atoms with Crippen molar-refractivity contribution in [2.75, 3.05) is 19.8 Å². The van der Waals surface area contributed by atoms with Crippen LogP contribution in [-0.4, -0.2) is 41.8 Å². The van der Waals surface area contributed by atoms with E-state index in [2.05, 4.69) is 6.07 Å². The molecule has 2 aromatic carbocycles. The Bertz CT molecular complexity index is 1180. The van der Waals surface area contributed by atoms with Gasteiger partial charge in [0.25, 0.3) is 11.1 Å². The fraction of sp³-hybridized carbons (Fsp3) is 0.308. The first-order valence-electron chi connectivity index (χ1n) is 11.1. The van der Waals surface area contributed by atoms with Crippen molar-refractivity contribution in [1.82, 2.24) is 4.90 Å². The van der Waals surface area contributed by atoms with Gasteiger partial charge in [-0.15, -0.1) is 0 Å². The van der Waals surface area contributed by atoms with E-state index in [-0.39, 0.29) is 24.0 Å². The second-order valence-corrected chi connectivity index (χ2v) is 9.03. The van der Waals surface area contributed by atoms with Crippen LogP contribution < -0.4 is 9.47 Å². The summed E-state index contributed by atoms with van der Waals surface area (Å²) in [6.07, 6.45) is 1.57. The number of thioether (sulfide) groups is 1. The van der Waals surface area contributed by atoms with Gasteiger partial charge in [-0.3, -0.25) is 19.3 Å². The molecule has 0 bridgehead atoms. The summed E-state index contributed by atoms with van der Waals surface area (Å²) in [5.74, 6) is -0.0699. The zero-order valence-electron chi connectivity index (χ0n) is 19.8. The maximum absolute atomic E-state index is 12.7. The Morgan fingerprint density at radius 2 is 1.91 bits per heavy atom. The molecule has 3 rings (SSSR count). The maximum Gasteiger partial charge on any atom is 0.326 e. The van der Waals surface area contributed by atoms with Gasteiger partial charge >= 0.3 is 5.97 Å². The quantitative estimate of drug-likeness (QED) is 0.343. The van der Waals surface area contributed by atoms with Crippen molar-refractivity contribution in [3.05, 3.63) is 64.1 Å². The number of ether oxygens (including phenoxy) is 3. The zero-order valence-corrected chi connectivity index (χ0v) is 20.6. The first-order valence-corrected chi connectivity index (χ1v) is 11.9. The van der Waals surface area contributed by atoms with E-state index in [1.54, 1.807) is 36.4 Å². The van der Waals surface area contributed by atoms with Crippen LogP contribution in [-0.2, 0) is 20.9 Å². The Balaban J connectivity index is 1.74. The number of hydrogen-bond acceptors (Lipinski definition) is 8. The molecule has 35 heavy (non-hydrogen) atoms. The van der Waals surface area contributed by atoms with Gasteiger partial charge in [0.15, 0.2) is 11.5 Å². The van der Waals surface area contributed by atoms with Crippen LogP contribution in [0.15, 0.2) is 47.4 Å². The topological polar surface area (TPSA) is 106 Å². The van der Waals surface area contributed by atoms with Crippen molar-refractivity contribution in [2.45, 2.75) is 27.4 Å². The Morgan fingerprint density at radius 3 is 2.63 bits per heavy atom. The van der Waals surface area contributed by atoms with E-state index in [0.717, 1.165) is 22.2 Å². The average Bonchev–Trinajstić information content (AvgIpc) is 3.09. The molecular formula is C26H26N2O6S. The minimum atomic E-state index is -0.625. The number of hydrogen-bond donors (Lipinski definition) is 0. The molecule has 0 unspecified atom stereocenters. The van der Waals surface area contributed by atoms with Gasteiger partial charge in [0, 0.05) is 5.56 Å². The molecule has 0 aromatic heterocycles. The van der Waals surface area contributed by atoms with Crippen LogP contribution in [0.5, 0.6) is 11.5 Å². The molecule has 2 amide bonds. The predicted octanol–water partition coefficient (Wildman–Crippen LogP) is 4.77. The number of carbonyl (C=O) groups excluding carboxylic acids is 3. The van der Waals surface area contributed by atoms with Gasteiger partial charge in [-0.1, -0.05) is 38.1 Å². The van der Waals surface area contributed by atoms with Crippen LogP contribution in [0.4, 0.5) is 4.79 Å². The van der Waals surface area contributed by atoms with Crippen LogP contribution in [0.2, 0.25) is 0 Å². The van der Waals surface area contributed by atoms with Crippen LogP contribution in [0.1, 0.15) is 37.5 Å². The maximum atomic E-state index is 12.7. The van der Waals surface area contributed by atoms with Gasteiger partial charge in [0.2, 0.25) is 0 Å². The van der Waals surface area contributed by atoms with E-state index < -0.39 is 23.7 Å². The number of imide groups is 1. The SMILES string of the molecule is CCOc1cc(/C=C2/SC(=O)N(CC(=O)OCC(C)C)C2=O)ccc1OCc1ccccc1C#N. The van der Waals surface area contributed by atoms with Crippen molar-refractivity contribution in [2.24, 2.45) is 5.92 Å². The molecule has 182 valence electrons. The van der Waals surface area contributed by atoms with Crippen molar-refractivity contribution < 1.29 is 28.6 Å². The number of carbonyl (C=O) groups is 3. The van der Waals surface area contributed by atoms with E-state index in [0.29, 0.717) is 29.2 Å². The van der Waals surface area contributed by atoms with E-state index in [9.17, 15) is 19.6 Å². The lowest BCUT2D eigenvalue weighted by Crippen LogP contribution is -2.34. The summed E-state index contributed by atoms with van der Waals surface area (Å²) in [4.78, 5) is 38.1. The van der Waals surface area contributed by atoms with Crippen LogP contribution in [0.25, 0.3) is 6.08 Å². The molecule has 0 atom stereocenters. The minimum absolute atomic E-state index is 0.154. The van der Waals surface area contributed by atoms with E-state index in [1.165, 1.54) is 0 Å². The summed E-state index contributed by atoms with van der Waals surface area (Å²) in [6, 6.07) is 14.5. The smallest absolute Gasteiger partial charge is 0.326 e. The first-order chi connectivity index (χ1) is 16.8. The molecule has 0 spiro atoms. The lowest BCUT2D eigenvalue weighted by atomic mass is 10.1. The Morgan fingerprint density at radius 1 is 1.14 bits per heavy atom. The molecule has 2 aromatic rings. The predicted molar refractivity (Wildman–Crippen MR) is 132 cm³/mol. The van der Waals surface area contributed by atoms with Gasteiger partial charge in [0.1, 0.15) is 13.2 Å². The van der Waals surface area contributed by atoms with Gasteiger partial charge in [-0.25, -0.2) is 0 Å². The summed E-state index contributed by atoms with van der Waals surface area (Å²) in [7, 11) is 0. The Kier molecular flexibility index (Phi) is 8.92. The normalized spacial score (nSPS) is 14.4. The van der Waals surface area contributed by atoms with Crippen molar-refractivity contribution >= 4 is 35.0 Å². The summed E-state index contributed by atoms with van der Waals surface area (Å²) in [5.41, 5.74) is 1.92. The number of nitriles is 1. The molecule has 0 aliphatic carbocycles. The molecular weight excluding hydrogens is 468 g/mol. The summed E-state index contributed by atoms with van der Waals surface area (Å²) in [5, 5.41) is 8.74. The van der Waals surface area contributed by atoms with Gasteiger partial charge in [-0.2, -0.15) is 5.26 Å². The molecule has 1 saturated heterocycles. The van der Waals surface area contributed by atoms with Crippen LogP contribution in [0, 0.1) is 17.2 Å². The third kappa shape index (κ3) is 6.87. The average molecular weight is 495 g/mol. The summed E-state index contributed by atoms with van der Waals surface area (Å²) < 4.78 is 16.7. The van der Waals surface area contributed by atoms with E-state index >= 15 is 0 Å². The lowest BCUT2D eigenvalue weighted by molar-refractivity contribution is -0.147. The third-order valence-corrected chi connectivity index (χ3v) is 5.73. The van der Waals surface area contributed by atoms with Crippen molar-refractivity contribution in [1.29, 1.82) is 5.26 Å². The molecule has 1 aliphatic heterocycles. The monoisotopic (exact) mass is 494 g/mol. The number of esters is 1. The van der Waals surface area contributed by atoms with Gasteiger partial charge in [-0.05, 0) is 54.4 Å². The summed E-state index contributed by atoms with van der Waals surface area (Å²) in [6.45, 7) is 6.02. The standard InChI is InChI=1S/C26H26N2O6S/c1-4-32-22-11-18(9-10-21(22)33-16-20-8-6-5-7-19(20)13-27)12-23-25(30)28(26(31)35-23)14-24(29)34-15-17(2)3/h5-12,17H,4,14-16H2,1-3H3/b23-12+. The van der Waals surface area contributed by atoms with Crippen LogP contribution >= 0.6 is 11.8 Å². The van der Waals surface area contributed by atoms with Crippen LogP contribution in [0.3, 0.4) is 0 Å².